The third kappa shape index (κ3) is 1.89. The first kappa shape index (κ1) is 10.6. The van der Waals surface area contributed by atoms with Gasteiger partial charge in [-0.1, -0.05) is 35.2 Å². The van der Waals surface area contributed by atoms with Gasteiger partial charge in [0.15, 0.2) is 0 Å². The Hall–Kier alpha value is -1.55. The number of hydrogen-bond acceptors (Lipinski definition) is 4. The number of ketones is 1. The van der Waals surface area contributed by atoms with Gasteiger partial charge in [-0.2, -0.15) is 0 Å². The summed E-state index contributed by atoms with van der Waals surface area (Å²) in [5, 5.41) is 5.56. The monoisotopic (exact) mass is 244 g/mol. The Morgan fingerprint density at radius 3 is 2.76 bits per heavy atom. The highest BCUT2D eigenvalue weighted by Crippen LogP contribution is 2.38. The van der Waals surface area contributed by atoms with E-state index in [1.165, 1.54) is 36.4 Å². The van der Waals surface area contributed by atoms with Crippen molar-refractivity contribution >= 4 is 17.3 Å². The van der Waals surface area contributed by atoms with Crippen LogP contribution >= 0.6 is 11.5 Å². The third-order valence-electron chi connectivity index (χ3n) is 3.34. The van der Waals surface area contributed by atoms with E-state index in [4.69, 9.17) is 0 Å². The molecule has 1 aromatic heterocycles. The number of aromatic nitrogens is 2. The molecule has 3 nitrogen and oxygen atoms in total. The molecule has 17 heavy (non-hydrogen) atoms. The van der Waals surface area contributed by atoms with Crippen LogP contribution in [0.1, 0.15) is 46.8 Å². The highest BCUT2D eigenvalue weighted by atomic mass is 32.1. The van der Waals surface area contributed by atoms with Gasteiger partial charge < -0.3 is 0 Å². The van der Waals surface area contributed by atoms with Gasteiger partial charge in [0.05, 0.1) is 0 Å². The van der Waals surface area contributed by atoms with Crippen molar-refractivity contribution in [3.8, 4) is 0 Å². The van der Waals surface area contributed by atoms with Gasteiger partial charge >= 0.3 is 0 Å². The summed E-state index contributed by atoms with van der Waals surface area (Å²) in [6, 6.07) is 7.88. The average Bonchev–Trinajstić information content (AvgIpc) is 2.80. The van der Waals surface area contributed by atoms with Crippen molar-refractivity contribution in [3.63, 3.8) is 0 Å². The molecule has 3 rings (SSSR count). The SMILES string of the molecule is O=C(c1csnn1)c1ccccc1C1CCC1. The summed E-state index contributed by atoms with van der Waals surface area (Å²) in [4.78, 5) is 12.3. The zero-order valence-corrected chi connectivity index (χ0v) is 10.1. The Bertz CT molecular complexity index is 532. The molecule has 2 aromatic rings. The van der Waals surface area contributed by atoms with Crippen molar-refractivity contribution in [1.29, 1.82) is 0 Å². The van der Waals surface area contributed by atoms with Gasteiger partial charge in [-0.05, 0) is 35.9 Å². The van der Waals surface area contributed by atoms with E-state index in [-0.39, 0.29) is 5.78 Å². The fourth-order valence-electron chi connectivity index (χ4n) is 2.18. The van der Waals surface area contributed by atoms with Crippen LogP contribution in [-0.2, 0) is 0 Å². The van der Waals surface area contributed by atoms with E-state index in [0.29, 0.717) is 11.6 Å². The topological polar surface area (TPSA) is 42.9 Å². The molecule has 0 amide bonds. The van der Waals surface area contributed by atoms with E-state index in [0.717, 1.165) is 5.56 Å². The van der Waals surface area contributed by atoms with Gasteiger partial charge in [-0.25, -0.2) is 0 Å². The minimum absolute atomic E-state index is 0.00116. The lowest BCUT2D eigenvalue weighted by Crippen LogP contribution is -2.14. The lowest BCUT2D eigenvalue weighted by Gasteiger charge is -2.27. The van der Waals surface area contributed by atoms with Crippen molar-refractivity contribution in [3.05, 3.63) is 46.5 Å². The Labute approximate surface area is 104 Å². The first-order valence-corrected chi connectivity index (χ1v) is 6.60. The summed E-state index contributed by atoms with van der Waals surface area (Å²) < 4.78 is 3.75. The molecule has 1 aliphatic rings. The van der Waals surface area contributed by atoms with Crippen molar-refractivity contribution in [1.82, 2.24) is 9.59 Å². The predicted molar refractivity (Wildman–Crippen MR) is 66.4 cm³/mol. The van der Waals surface area contributed by atoms with Crippen LogP contribution in [0.15, 0.2) is 29.6 Å². The lowest BCUT2D eigenvalue weighted by molar-refractivity contribution is 0.103. The highest BCUT2D eigenvalue weighted by Gasteiger charge is 2.25. The molecular weight excluding hydrogens is 232 g/mol. The zero-order valence-electron chi connectivity index (χ0n) is 9.30. The van der Waals surface area contributed by atoms with Gasteiger partial charge in [-0.15, -0.1) is 5.10 Å². The molecule has 1 aromatic carbocycles. The van der Waals surface area contributed by atoms with E-state index in [9.17, 15) is 4.79 Å². The van der Waals surface area contributed by atoms with Crippen LogP contribution in [0.3, 0.4) is 0 Å². The molecule has 0 spiro atoms. The van der Waals surface area contributed by atoms with E-state index in [1.54, 1.807) is 5.38 Å². The number of benzene rings is 1. The van der Waals surface area contributed by atoms with E-state index in [1.807, 2.05) is 18.2 Å². The fraction of sp³-hybridized carbons (Fsp3) is 0.308. The van der Waals surface area contributed by atoms with Crippen molar-refractivity contribution in [2.45, 2.75) is 25.2 Å². The molecule has 0 saturated heterocycles. The number of rotatable bonds is 3. The van der Waals surface area contributed by atoms with Gasteiger partial charge in [0.25, 0.3) is 0 Å². The van der Waals surface area contributed by atoms with E-state index in [2.05, 4.69) is 15.7 Å². The maximum atomic E-state index is 12.3. The van der Waals surface area contributed by atoms with Crippen molar-refractivity contribution < 1.29 is 4.79 Å². The summed E-state index contributed by atoms with van der Waals surface area (Å²) >= 11 is 1.21. The smallest absolute Gasteiger partial charge is 0.214 e. The molecule has 86 valence electrons. The lowest BCUT2D eigenvalue weighted by atomic mass is 9.77. The Kier molecular flexibility index (Phi) is 2.73. The van der Waals surface area contributed by atoms with Crippen LogP contribution in [0.4, 0.5) is 0 Å². The highest BCUT2D eigenvalue weighted by molar-refractivity contribution is 7.03. The minimum Gasteiger partial charge on any atom is -0.287 e. The molecule has 0 bridgehead atoms. The van der Waals surface area contributed by atoms with Gasteiger partial charge in [0, 0.05) is 10.9 Å². The number of carbonyl (C=O) groups excluding carboxylic acids is 1. The Morgan fingerprint density at radius 1 is 1.29 bits per heavy atom. The van der Waals surface area contributed by atoms with Crippen molar-refractivity contribution in [2.75, 3.05) is 0 Å². The third-order valence-corrected chi connectivity index (χ3v) is 3.85. The van der Waals surface area contributed by atoms with E-state index < -0.39 is 0 Å². The molecule has 0 N–H and O–H groups in total. The zero-order chi connectivity index (χ0) is 11.7. The first-order valence-electron chi connectivity index (χ1n) is 5.77. The largest absolute Gasteiger partial charge is 0.287 e. The van der Waals surface area contributed by atoms with Crippen LogP contribution < -0.4 is 0 Å². The quantitative estimate of drug-likeness (QED) is 0.779. The van der Waals surface area contributed by atoms with Crippen LogP contribution in [0.2, 0.25) is 0 Å². The summed E-state index contributed by atoms with van der Waals surface area (Å²) in [7, 11) is 0. The molecule has 0 aliphatic heterocycles. The maximum absolute atomic E-state index is 12.3. The summed E-state index contributed by atoms with van der Waals surface area (Å²) in [5.74, 6) is 0.558. The predicted octanol–water partition coefficient (Wildman–Crippen LogP) is 3.04. The molecule has 1 saturated carbocycles. The van der Waals surface area contributed by atoms with Crippen LogP contribution in [-0.4, -0.2) is 15.4 Å². The molecule has 0 radical (unpaired) electrons. The molecule has 1 fully saturated rings. The van der Waals surface area contributed by atoms with Gasteiger partial charge in [0.2, 0.25) is 5.78 Å². The van der Waals surface area contributed by atoms with E-state index >= 15 is 0 Å². The second kappa shape index (κ2) is 4.37. The second-order valence-corrected chi connectivity index (χ2v) is 4.94. The maximum Gasteiger partial charge on any atom is 0.214 e. The van der Waals surface area contributed by atoms with Crippen LogP contribution in [0, 0.1) is 0 Å². The summed E-state index contributed by atoms with van der Waals surface area (Å²) in [6.45, 7) is 0. The molecule has 0 unspecified atom stereocenters. The Balaban J connectivity index is 1.99. The number of hydrogen-bond donors (Lipinski definition) is 0. The number of carbonyl (C=O) groups is 1. The summed E-state index contributed by atoms with van der Waals surface area (Å²) in [6.07, 6.45) is 3.66. The molecule has 0 atom stereocenters. The summed E-state index contributed by atoms with van der Waals surface area (Å²) in [5.41, 5.74) is 2.43. The van der Waals surface area contributed by atoms with Gasteiger partial charge in [0.1, 0.15) is 5.69 Å². The average molecular weight is 244 g/mol. The first-order chi connectivity index (χ1) is 8.36. The van der Waals surface area contributed by atoms with Crippen molar-refractivity contribution in [2.24, 2.45) is 0 Å². The fourth-order valence-corrected chi connectivity index (χ4v) is 2.62. The molecule has 4 heteroatoms. The standard InChI is InChI=1S/C13H12N2OS/c16-13(12-8-17-15-14-12)11-7-2-1-6-10(11)9-4-3-5-9/h1-2,6-9H,3-5H2. The second-order valence-electron chi connectivity index (χ2n) is 4.33. The van der Waals surface area contributed by atoms with Gasteiger partial charge in [-0.3, -0.25) is 4.79 Å². The van der Waals surface area contributed by atoms with Crippen LogP contribution in [0.5, 0.6) is 0 Å². The molecular formula is C13H12N2OS. The Morgan fingerprint density at radius 2 is 2.12 bits per heavy atom. The molecule has 1 heterocycles. The minimum atomic E-state index is 0.00116. The van der Waals surface area contributed by atoms with Crippen LogP contribution in [0.25, 0.3) is 0 Å². The number of nitrogens with zero attached hydrogens (tertiary/aromatic N) is 2. The normalized spacial score (nSPS) is 15.5. The molecule has 1 aliphatic carbocycles.